The van der Waals surface area contributed by atoms with Crippen LogP contribution < -0.4 is 14.8 Å². The highest BCUT2D eigenvalue weighted by Gasteiger charge is 2.25. The number of nitrogens with one attached hydrogen (secondary N) is 1. The molecular weight excluding hydrogens is 206 g/mol. The van der Waals surface area contributed by atoms with Gasteiger partial charge < -0.3 is 19.9 Å². The van der Waals surface area contributed by atoms with Gasteiger partial charge in [0.1, 0.15) is 0 Å². The zero-order valence-corrected chi connectivity index (χ0v) is 9.83. The molecule has 1 aromatic carbocycles. The maximum Gasteiger partial charge on any atom is 0.231 e. The van der Waals surface area contributed by atoms with Crippen molar-refractivity contribution in [3.05, 3.63) is 22.8 Å². The molecule has 0 aromatic heterocycles. The van der Waals surface area contributed by atoms with Gasteiger partial charge in [0.2, 0.25) is 6.79 Å². The maximum absolute atomic E-state index is 10.0. The minimum atomic E-state index is -0.570. The summed E-state index contributed by atoms with van der Waals surface area (Å²) in [6.45, 7) is 4.74. The Morgan fingerprint density at radius 2 is 2.06 bits per heavy atom. The molecule has 1 atom stereocenters. The highest BCUT2D eigenvalue weighted by atomic mass is 16.7. The van der Waals surface area contributed by atoms with E-state index in [1.54, 1.807) is 0 Å². The Balaban J connectivity index is 2.46. The molecule has 0 spiro atoms. The van der Waals surface area contributed by atoms with Gasteiger partial charge in [-0.3, -0.25) is 0 Å². The molecule has 0 bridgehead atoms. The Morgan fingerprint density at radius 1 is 1.38 bits per heavy atom. The number of hydrogen-bond donors (Lipinski definition) is 2. The van der Waals surface area contributed by atoms with Gasteiger partial charge in [0.15, 0.2) is 11.5 Å². The molecule has 0 saturated heterocycles. The molecular formula is C12H17NO3. The molecule has 4 nitrogen and oxygen atoms in total. The first kappa shape index (κ1) is 11.2. The lowest BCUT2D eigenvalue weighted by atomic mass is 10.00. The topological polar surface area (TPSA) is 50.7 Å². The number of aliphatic hydroxyl groups is 1. The number of aryl methyl sites for hydroxylation is 1. The fourth-order valence-electron chi connectivity index (χ4n) is 1.91. The largest absolute Gasteiger partial charge is 0.453 e. The van der Waals surface area contributed by atoms with Crippen LogP contribution in [0.25, 0.3) is 0 Å². The van der Waals surface area contributed by atoms with Crippen molar-refractivity contribution in [2.45, 2.75) is 20.0 Å². The van der Waals surface area contributed by atoms with E-state index in [1.807, 2.05) is 27.0 Å². The van der Waals surface area contributed by atoms with E-state index in [2.05, 4.69) is 5.32 Å². The predicted octanol–water partition coefficient (Wildman–Crippen LogP) is 1.28. The van der Waals surface area contributed by atoms with Crippen LogP contribution in [0.2, 0.25) is 0 Å². The molecule has 1 heterocycles. The third kappa shape index (κ3) is 1.74. The Bertz CT molecular complexity index is 404. The summed E-state index contributed by atoms with van der Waals surface area (Å²) in [6, 6.07) is 1.96. The quantitative estimate of drug-likeness (QED) is 0.810. The van der Waals surface area contributed by atoms with Crippen LogP contribution in [-0.2, 0) is 0 Å². The van der Waals surface area contributed by atoms with Gasteiger partial charge in [-0.15, -0.1) is 0 Å². The van der Waals surface area contributed by atoms with Gasteiger partial charge in [-0.25, -0.2) is 0 Å². The van der Waals surface area contributed by atoms with Crippen LogP contribution in [0, 0.1) is 13.8 Å². The maximum atomic E-state index is 10.0. The minimum absolute atomic E-state index is 0.235. The highest BCUT2D eigenvalue weighted by Crippen LogP contribution is 2.42. The first-order valence-corrected chi connectivity index (χ1v) is 5.37. The van der Waals surface area contributed by atoms with Crippen LogP contribution in [0.5, 0.6) is 11.5 Å². The van der Waals surface area contributed by atoms with E-state index in [-0.39, 0.29) is 6.79 Å². The monoisotopic (exact) mass is 223 g/mol. The van der Waals surface area contributed by atoms with Crippen molar-refractivity contribution in [1.29, 1.82) is 0 Å². The van der Waals surface area contributed by atoms with Crippen LogP contribution in [0.15, 0.2) is 6.07 Å². The lowest BCUT2D eigenvalue weighted by molar-refractivity contribution is 0.157. The zero-order valence-electron chi connectivity index (χ0n) is 9.83. The predicted molar refractivity (Wildman–Crippen MR) is 60.9 cm³/mol. The van der Waals surface area contributed by atoms with E-state index < -0.39 is 6.10 Å². The molecule has 4 heteroatoms. The summed E-state index contributed by atoms with van der Waals surface area (Å²) in [4.78, 5) is 0. The Labute approximate surface area is 95.2 Å². The van der Waals surface area contributed by atoms with E-state index >= 15 is 0 Å². The normalized spacial score (nSPS) is 15.2. The molecule has 2 N–H and O–H groups in total. The average molecular weight is 223 g/mol. The van der Waals surface area contributed by atoms with E-state index in [1.165, 1.54) is 0 Å². The molecule has 0 saturated carbocycles. The Kier molecular flexibility index (Phi) is 3.03. The van der Waals surface area contributed by atoms with Gasteiger partial charge in [0.05, 0.1) is 6.10 Å². The smallest absolute Gasteiger partial charge is 0.231 e. The van der Waals surface area contributed by atoms with Crippen molar-refractivity contribution >= 4 is 0 Å². The van der Waals surface area contributed by atoms with Gasteiger partial charge in [-0.2, -0.15) is 0 Å². The molecule has 1 aliphatic rings. The van der Waals surface area contributed by atoms with Gasteiger partial charge >= 0.3 is 0 Å². The lowest BCUT2D eigenvalue weighted by Crippen LogP contribution is -2.17. The van der Waals surface area contributed by atoms with Crippen molar-refractivity contribution < 1.29 is 14.6 Å². The number of rotatable bonds is 3. The van der Waals surface area contributed by atoms with Crippen LogP contribution in [-0.4, -0.2) is 25.5 Å². The SMILES string of the molecule is CNCC(O)c1cc(C)c(C)c2c1OCO2. The fraction of sp³-hybridized carbons (Fsp3) is 0.500. The third-order valence-electron chi connectivity index (χ3n) is 2.94. The number of aliphatic hydroxyl groups excluding tert-OH is 1. The summed E-state index contributed by atoms with van der Waals surface area (Å²) in [5, 5.41) is 12.9. The molecule has 16 heavy (non-hydrogen) atoms. The minimum Gasteiger partial charge on any atom is -0.453 e. The first-order valence-electron chi connectivity index (χ1n) is 5.37. The lowest BCUT2D eigenvalue weighted by Gasteiger charge is -2.15. The highest BCUT2D eigenvalue weighted by molar-refractivity contribution is 5.56. The third-order valence-corrected chi connectivity index (χ3v) is 2.94. The Hall–Kier alpha value is -1.26. The molecule has 0 amide bonds. The molecule has 1 aliphatic heterocycles. The summed E-state index contributed by atoms with van der Waals surface area (Å²) in [5.74, 6) is 1.45. The van der Waals surface area contributed by atoms with E-state index in [0.717, 1.165) is 22.4 Å². The van der Waals surface area contributed by atoms with Crippen LogP contribution in [0.4, 0.5) is 0 Å². The zero-order chi connectivity index (χ0) is 11.7. The summed E-state index contributed by atoms with van der Waals surface area (Å²) < 4.78 is 10.8. The van der Waals surface area contributed by atoms with E-state index in [4.69, 9.17) is 9.47 Å². The van der Waals surface area contributed by atoms with Gasteiger partial charge in [-0.05, 0) is 38.1 Å². The van der Waals surface area contributed by atoms with Crippen LogP contribution in [0.1, 0.15) is 22.8 Å². The molecule has 0 aliphatic carbocycles. The molecule has 1 unspecified atom stereocenters. The average Bonchev–Trinajstić information content (AvgIpc) is 2.72. The fourth-order valence-corrected chi connectivity index (χ4v) is 1.91. The van der Waals surface area contributed by atoms with Crippen molar-refractivity contribution in [3.8, 4) is 11.5 Å². The van der Waals surface area contributed by atoms with Crippen molar-refractivity contribution in [1.82, 2.24) is 5.32 Å². The molecule has 88 valence electrons. The number of likely N-dealkylation sites (N-methyl/N-ethyl adjacent to an activating group) is 1. The molecule has 2 rings (SSSR count). The molecule has 0 fully saturated rings. The summed E-state index contributed by atoms with van der Waals surface area (Å²) in [6.07, 6.45) is -0.570. The number of ether oxygens (including phenoxy) is 2. The summed E-state index contributed by atoms with van der Waals surface area (Å²) in [7, 11) is 1.81. The number of hydrogen-bond acceptors (Lipinski definition) is 4. The number of fused-ring (bicyclic) bond motifs is 1. The van der Waals surface area contributed by atoms with Crippen molar-refractivity contribution in [3.63, 3.8) is 0 Å². The second kappa shape index (κ2) is 4.31. The van der Waals surface area contributed by atoms with Crippen LogP contribution >= 0.6 is 0 Å². The van der Waals surface area contributed by atoms with E-state index in [9.17, 15) is 5.11 Å². The second-order valence-electron chi connectivity index (χ2n) is 4.05. The van der Waals surface area contributed by atoms with Crippen LogP contribution in [0.3, 0.4) is 0 Å². The molecule has 1 aromatic rings. The summed E-state index contributed by atoms with van der Waals surface area (Å²) >= 11 is 0. The number of benzene rings is 1. The van der Waals surface area contributed by atoms with Crippen molar-refractivity contribution in [2.24, 2.45) is 0 Å². The summed E-state index contributed by atoms with van der Waals surface area (Å²) in [5.41, 5.74) is 2.98. The van der Waals surface area contributed by atoms with E-state index in [0.29, 0.717) is 12.3 Å². The second-order valence-corrected chi connectivity index (χ2v) is 4.05. The Morgan fingerprint density at radius 3 is 2.75 bits per heavy atom. The van der Waals surface area contributed by atoms with Crippen molar-refractivity contribution in [2.75, 3.05) is 20.4 Å². The van der Waals surface area contributed by atoms with Gasteiger partial charge in [0, 0.05) is 12.1 Å². The van der Waals surface area contributed by atoms with Gasteiger partial charge in [0.25, 0.3) is 0 Å². The van der Waals surface area contributed by atoms with Gasteiger partial charge in [-0.1, -0.05) is 0 Å². The first-order chi connectivity index (χ1) is 7.65. The molecule has 0 radical (unpaired) electrons. The standard InChI is InChI=1S/C12H17NO3/c1-7-4-9(10(14)5-13-3)12-11(8(7)2)15-6-16-12/h4,10,13-14H,5-6H2,1-3H3.